The third kappa shape index (κ3) is 2.96. The summed E-state index contributed by atoms with van der Waals surface area (Å²) >= 11 is 0. The van der Waals surface area contributed by atoms with Crippen LogP contribution in [-0.4, -0.2) is 22.6 Å². The molecule has 78 valence electrons. The minimum atomic E-state index is 0.244. The van der Waals surface area contributed by atoms with Crippen LogP contribution in [0.4, 0.5) is 5.82 Å². The van der Waals surface area contributed by atoms with Gasteiger partial charge >= 0.3 is 0 Å². The van der Waals surface area contributed by atoms with Crippen molar-refractivity contribution in [3.63, 3.8) is 0 Å². The van der Waals surface area contributed by atoms with E-state index in [0.29, 0.717) is 6.54 Å². The van der Waals surface area contributed by atoms with Crippen molar-refractivity contribution < 1.29 is 0 Å². The van der Waals surface area contributed by atoms with E-state index in [1.165, 1.54) is 0 Å². The van der Waals surface area contributed by atoms with Crippen LogP contribution >= 0.6 is 0 Å². The molecule has 1 atom stereocenters. The summed E-state index contributed by atoms with van der Waals surface area (Å²) < 4.78 is 0. The molecule has 0 aliphatic rings. The van der Waals surface area contributed by atoms with E-state index in [1.807, 2.05) is 19.9 Å². The third-order valence-electron chi connectivity index (χ3n) is 2.00. The number of hydrogen-bond donors (Lipinski definition) is 2. The fraction of sp³-hybridized carbons (Fsp3) is 0.600. The van der Waals surface area contributed by atoms with Crippen LogP contribution in [0, 0.1) is 6.92 Å². The summed E-state index contributed by atoms with van der Waals surface area (Å²) in [4.78, 5) is 8.60. The van der Waals surface area contributed by atoms with Gasteiger partial charge in [0.15, 0.2) is 0 Å². The van der Waals surface area contributed by atoms with E-state index >= 15 is 0 Å². The van der Waals surface area contributed by atoms with E-state index in [9.17, 15) is 0 Å². The fourth-order valence-corrected chi connectivity index (χ4v) is 1.20. The van der Waals surface area contributed by atoms with Crippen molar-refractivity contribution in [3.8, 4) is 0 Å². The van der Waals surface area contributed by atoms with Crippen LogP contribution in [0.1, 0.15) is 25.4 Å². The van der Waals surface area contributed by atoms with Gasteiger partial charge in [0.2, 0.25) is 0 Å². The monoisotopic (exact) mass is 194 g/mol. The zero-order chi connectivity index (χ0) is 10.6. The largest absolute Gasteiger partial charge is 0.366 e. The number of aryl methyl sites for hydroxylation is 2. The second-order valence-electron chi connectivity index (χ2n) is 3.43. The van der Waals surface area contributed by atoms with Gasteiger partial charge in [0.1, 0.15) is 11.6 Å². The summed E-state index contributed by atoms with van der Waals surface area (Å²) in [6, 6.07) is 2.22. The first-order valence-corrected chi connectivity index (χ1v) is 4.96. The molecule has 1 aromatic heterocycles. The molecule has 0 saturated heterocycles. The molecule has 4 nitrogen and oxygen atoms in total. The zero-order valence-corrected chi connectivity index (χ0v) is 9.04. The minimum Gasteiger partial charge on any atom is -0.366 e. The molecule has 0 radical (unpaired) electrons. The van der Waals surface area contributed by atoms with Gasteiger partial charge in [-0.1, -0.05) is 6.92 Å². The first kappa shape index (κ1) is 10.9. The molecule has 1 rings (SSSR count). The lowest BCUT2D eigenvalue weighted by molar-refractivity contribution is 0.792. The van der Waals surface area contributed by atoms with Gasteiger partial charge in [-0.3, -0.25) is 0 Å². The summed E-state index contributed by atoms with van der Waals surface area (Å²) in [5, 5.41) is 3.23. The van der Waals surface area contributed by atoms with Gasteiger partial charge in [-0.05, 0) is 20.3 Å². The molecular weight excluding hydrogens is 176 g/mol. The summed E-state index contributed by atoms with van der Waals surface area (Å²) in [5.41, 5.74) is 6.58. The highest BCUT2D eigenvalue weighted by molar-refractivity contribution is 5.37. The van der Waals surface area contributed by atoms with Crippen molar-refractivity contribution in [2.45, 2.75) is 33.2 Å². The Labute approximate surface area is 85.0 Å². The molecule has 0 fully saturated rings. The van der Waals surface area contributed by atoms with Gasteiger partial charge in [0.05, 0.1) is 0 Å². The fourth-order valence-electron chi connectivity index (χ4n) is 1.20. The Kier molecular flexibility index (Phi) is 3.83. The number of nitrogens with one attached hydrogen (secondary N) is 1. The molecule has 0 aliphatic carbocycles. The molecule has 0 bridgehead atoms. The Morgan fingerprint density at radius 1 is 1.50 bits per heavy atom. The summed E-state index contributed by atoms with van der Waals surface area (Å²) in [6.45, 7) is 6.61. The van der Waals surface area contributed by atoms with Crippen molar-refractivity contribution in [2.75, 3.05) is 11.9 Å². The first-order chi connectivity index (χ1) is 6.65. The van der Waals surface area contributed by atoms with Crippen LogP contribution in [0.5, 0.6) is 0 Å². The maximum Gasteiger partial charge on any atom is 0.130 e. The van der Waals surface area contributed by atoms with Crippen LogP contribution in [0.25, 0.3) is 0 Å². The predicted molar refractivity (Wildman–Crippen MR) is 58.3 cm³/mol. The number of nitrogens with two attached hydrogens (primary N) is 1. The average Bonchev–Trinajstić information content (AvgIpc) is 2.16. The average molecular weight is 194 g/mol. The Bertz CT molecular complexity index is 298. The van der Waals surface area contributed by atoms with E-state index in [4.69, 9.17) is 5.73 Å². The topological polar surface area (TPSA) is 63.8 Å². The molecule has 1 heterocycles. The molecule has 0 aliphatic heterocycles. The lowest BCUT2D eigenvalue weighted by Crippen LogP contribution is -2.25. The number of rotatable bonds is 4. The quantitative estimate of drug-likeness (QED) is 0.753. The van der Waals surface area contributed by atoms with E-state index in [2.05, 4.69) is 22.2 Å². The second-order valence-corrected chi connectivity index (χ2v) is 3.43. The molecule has 3 N–H and O–H groups in total. The maximum atomic E-state index is 5.52. The SMILES string of the molecule is CCc1cc(NC(C)CN)nc(C)n1. The highest BCUT2D eigenvalue weighted by Gasteiger charge is 2.03. The third-order valence-corrected chi connectivity index (χ3v) is 2.00. The second kappa shape index (κ2) is 4.91. The molecule has 0 aromatic carbocycles. The zero-order valence-electron chi connectivity index (χ0n) is 9.04. The molecule has 1 unspecified atom stereocenters. The van der Waals surface area contributed by atoms with Crippen molar-refractivity contribution in [2.24, 2.45) is 5.73 Å². The Morgan fingerprint density at radius 2 is 2.21 bits per heavy atom. The number of aromatic nitrogens is 2. The van der Waals surface area contributed by atoms with E-state index in [1.54, 1.807) is 0 Å². The molecular formula is C10H18N4. The van der Waals surface area contributed by atoms with Crippen molar-refractivity contribution in [3.05, 3.63) is 17.6 Å². The number of nitrogens with zero attached hydrogens (tertiary/aromatic N) is 2. The number of anilines is 1. The van der Waals surface area contributed by atoms with Crippen molar-refractivity contribution >= 4 is 5.82 Å². The van der Waals surface area contributed by atoms with E-state index < -0.39 is 0 Å². The minimum absolute atomic E-state index is 0.244. The molecule has 1 aromatic rings. The highest BCUT2D eigenvalue weighted by Crippen LogP contribution is 2.08. The smallest absolute Gasteiger partial charge is 0.130 e. The van der Waals surface area contributed by atoms with Gasteiger partial charge in [-0.15, -0.1) is 0 Å². The molecule has 0 spiro atoms. The first-order valence-electron chi connectivity index (χ1n) is 4.96. The lowest BCUT2D eigenvalue weighted by Gasteiger charge is -2.12. The van der Waals surface area contributed by atoms with Crippen molar-refractivity contribution in [1.82, 2.24) is 9.97 Å². The standard InChI is InChI=1S/C10H18N4/c1-4-9-5-10(12-7(2)6-11)14-8(3)13-9/h5,7H,4,6,11H2,1-3H3,(H,12,13,14). The Hall–Kier alpha value is -1.16. The molecule has 0 saturated carbocycles. The van der Waals surface area contributed by atoms with Crippen molar-refractivity contribution in [1.29, 1.82) is 0 Å². The molecule has 14 heavy (non-hydrogen) atoms. The van der Waals surface area contributed by atoms with E-state index in [0.717, 1.165) is 23.8 Å². The highest BCUT2D eigenvalue weighted by atomic mass is 15.0. The Balaban J connectivity index is 2.81. The van der Waals surface area contributed by atoms with Crippen LogP contribution in [-0.2, 0) is 6.42 Å². The number of hydrogen-bond acceptors (Lipinski definition) is 4. The summed E-state index contributed by atoms with van der Waals surface area (Å²) in [7, 11) is 0. The molecule has 0 amide bonds. The van der Waals surface area contributed by atoms with Crippen LogP contribution in [0.3, 0.4) is 0 Å². The van der Waals surface area contributed by atoms with Crippen LogP contribution in [0.15, 0.2) is 6.07 Å². The van der Waals surface area contributed by atoms with Gasteiger partial charge in [-0.25, -0.2) is 9.97 Å². The van der Waals surface area contributed by atoms with Gasteiger partial charge in [0.25, 0.3) is 0 Å². The molecule has 4 heteroatoms. The van der Waals surface area contributed by atoms with Crippen LogP contribution < -0.4 is 11.1 Å². The van der Waals surface area contributed by atoms with Gasteiger partial charge in [0, 0.05) is 24.3 Å². The van der Waals surface area contributed by atoms with Gasteiger partial charge in [-0.2, -0.15) is 0 Å². The summed E-state index contributed by atoms with van der Waals surface area (Å²) in [6.07, 6.45) is 0.926. The van der Waals surface area contributed by atoms with Crippen LogP contribution in [0.2, 0.25) is 0 Å². The summed E-state index contributed by atoms with van der Waals surface area (Å²) in [5.74, 6) is 1.67. The van der Waals surface area contributed by atoms with Gasteiger partial charge < -0.3 is 11.1 Å². The predicted octanol–water partition coefficient (Wildman–Crippen LogP) is 1.11. The lowest BCUT2D eigenvalue weighted by atomic mass is 10.3. The normalized spacial score (nSPS) is 12.6. The maximum absolute atomic E-state index is 5.52. The van der Waals surface area contributed by atoms with E-state index in [-0.39, 0.29) is 6.04 Å². The Morgan fingerprint density at radius 3 is 2.79 bits per heavy atom.